The molecule has 1 unspecified atom stereocenters. The highest BCUT2D eigenvalue weighted by Gasteiger charge is 2.48. The minimum absolute atomic E-state index is 0.0377. The third-order valence-corrected chi connectivity index (χ3v) is 8.43. The van der Waals surface area contributed by atoms with Gasteiger partial charge in [-0.2, -0.15) is 9.31 Å². The maximum absolute atomic E-state index is 12.9. The van der Waals surface area contributed by atoms with Crippen molar-refractivity contribution in [2.75, 3.05) is 13.1 Å². The van der Waals surface area contributed by atoms with Gasteiger partial charge < -0.3 is 5.32 Å². The van der Waals surface area contributed by atoms with E-state index in [0.29, 0.717) is 32.4 Å². The van der Waals surface area contributed by atoms with E-state index in [2.05, 4.69) is 10.7 Å². The van der Waals surface area contributed by atoms with E-state index in [1.165, 1.54) is 4.31 Å². The lowest BCUT2D eigenvalue weighted by atomic mass is 9.93. The van der Waals surface area contributed by atoms with Crippen LogP contribution in [0, 0.1) is 0 Å². The normalized spacial score (nSPS) is 20.8. The number of benzene rings is 2. The van der Waals surface area contributed by atoms with E-state index in [-0.39, 0.29) is 11.3 Å². The second-order valence-electron chi connectivity index (χ2n) is 9.18. The maximum Gasteiger partial charge on any atom is 0.344 e. The summed E-state index contributed by atoms with van der Waals surface area (Å²) in [6.07, 6.45) is 3.13. The summed E-state index contributed by atoms with van der Waals surface area (Å²) in [6.45, 7) is 2.73. The van der Waals surface area contributed by atoms with Crippen LogP contribution in [0.1, 0.15) is 43.7 Å². The van der Waals surface area contributed by atoms with Gasteiger partial charge in [-0.1, -0.05) is 42.5 Å². The standard InChI is InChI=1S/C25H30N4O5S/c1-25(16-15-19-7-3-2-4-8-19)23(31)29(24(32)26-25)27-22(30)14-11-20-9-12-21(13-10-20)35(33,34)28-17-5-6-18-28/h2-4,7-10,12-13H,5-6,11,14-18H2,1H3,(H,26,32)(H,27,30). The molecule has 4 amide bonds. The van der Waals surface area contributed by atoms with Gasteiger partial charge in [-0.25, -0.2) is 13.2 Å². The molecule has 0 saturated carbocycles. The van der Waals surface area contributed by atoms with Crippen LogP contribution in [-0.4, -0.2) is 54.2 Å². The predicted molar refractivity (Wildman–Crippen MR) is 129 cm³/mol. The largest absolute Gasteiger partial charge is 0.344 e. The van der Waals surface area contributed by atoms with E-state index >= 15 is 0 Å². The Hall–Kier alpha value is -3.24. The number of hydrazine groups is 1. The Morgan fingerprint density at radius 1 is 0.971 bits per heavy atom. The van der Waals surface area contributed by atoms with E-state index in [9.17, 15) is 22.8 Å². The first-order valence-corrected chi connectivity index (χ1v) is 13.2. The fourth-order valence-electron chi connectivity index (χ4n) is 4.34. The van der Waals surface area contributed by atoms with Crippen molar-refractivity contribution < 1.29 is 22.8 Å². The molecule has 2 aromatic rings. The van der Waals surface area contributed by atoms with Gasteiger partial charge in [0.2, 0.25) is 15.9 Å². The summed E-state index contributed by atoms with van der Waals surface area (Å²) >= 11 is 0. The van der Waals surface area contributed by atoms with E-state index in [4.69, 9.17) is 0 Å². The molecule has 2 aliphatic rings. The van der Waals surface area contributed by atoms with Crippen LogP contribution in [0.5, 0.6) is 0 Å². The predicted octanol–water partition coefficient (Wildman–Crippen LogP) is 2.38. The third kappa shape index (κ3) is 5.54. The number of sulfonamides is 1. The molecular formula is C25H30N4O5S. The molecule has 2 aliphatic heterocycles. The Kier molecular flexibility index (Phi) is 7.23. The van der Waals surface area contributed by atoms with Crippen LogP contribution < -0.4 is 10.7 Å². The summed E-state index contributed by atoms with van der Waals surface area (Å²) in [5.41, 5.74) is 3.14. The molecule has 0 bridgehead atoms. The zero-order chi connectivity index (χ0) is 25.1. The quantitative estimate of drug-likeness (QED) is 0.515. The second-order valence-corrected chi connectivity index (χ2v) is 11.1. The van der Waals surface area contributed by atoms with Gasteiger partial charge in [0, 0.05) is 19.5 Å². The third-order valence-electron chi connectivity index (χ3n) is 6.52. The molecule has 2 saturated heterocycles. The second kappa shape index (κ2) is 10.2. The fraction of sp³-hybridized carbons (Fsp3) is 0.400. The summed E-state index contributed by atoms with van der Waals surface area (Å²) in [5, 5.41) is 3.43. The van der Waals surface area contributed by atoms with Crippen molar-refractivity contribution in [2.24, 2.45) is 0 Å². The number of carbonyl (C=O) groups is 3. The average molecular weight is 499 g/mol. The molecule has 0 spiro atoms. The van der Waals surface area contributed by atoms with Crippen LogP contribution in [0.4, 0.5) is 4.79 Å². The van der Waals surface area contributed by atoms with Gasteiger partial charge in [0.25, 0.3) is 5.91 Å². The molecule has 0 aromatic heterocycles. The molecule has 186 valence electrons. The van der Waals surface area contributed by atoms with Gasteiger partial charge in [-0.3, -0.25) is 15.0 Å². The number of hydrogen-bond donors (Lipinski definition) is 2. The number of aryl methyl sites for hydroxylation is 2. The van der Waals surface area contributed by atoms with Crippen LogP contribution in [0.25, 0.3) is 0 Å². The van der Waals surface area contributed by atoms with Crippen LogP contribution in [0.15, 0.2) is 59.5 Å². The highest BCUT2D eigenvalue weighted by molar-refractivity contribution is 7.89. The Morgan fingerprint density at radius 2 is 1.60 bits per heavy atom. The summed E-state index contributed by atoms with van der Waals surface area (Å²) in [4.78, 5) is 38.0. The lowest BCUT2D eigenvalue weighted by Gasteiger charge is -2.21. The van der Waals surface area contributed by atoms with Crippen LogP contribution in [0.3, 0.4) is 0 Å². The van der Waals surface area contributed by atoms with Crippen LogP contribution in [-0.2, 0) is 32.5 Å². The highest BCUT2D eigenvalue weighted by atomic mass is 32.2. The first kappa shape index (κ1) is 24.9. The van der Waals surface area contributed by atoms with Gasteiger partial charge in [0.05, 0.1) is 4.90 Å². The van der Waals surface area contributed by atoms with Gasteiger partial charge >= 0.3 is 6.03 Å². The first-order chi connectivity index (χ1) is 16.7. The maximum atomic E-state index is 12.9. The van der Waals surface area contributed by atoms with Crippen molar-refractivity contribution in [3.05, 3.63) is 65.7 Å². The molecule has 0 radical (unpaired) electrons. The molecule has 10 heteroatoms. The molecule has 9 nitrogen and oxygen atoms in total. The molecule has 2 heterocycles. The number of urea groups is 1. The average Bonchev–Trinajstić information content (AvgIpc) is 3.47. The smallest absolute Gasteiger partial charge is 0.322 e. The molecule has 4 rings (SSSR count). The Balaban J connectivity index is 1.29. The Bertz CT molecular complexity index is 1190. The van der Waals surface area contributed by atoms with E-state index in [0.717, 1.165) is 29.0 Å². The van der Waals surface area contributed by atoms with E-state index < -0.39 is 33.4 Å². The Labute approximate surface area is 205 Å². The van der Waals surface area contributed by atoms with Gasteiger partial charge in [-0.15, -0.1) is 0 Å². The topological polar surface area (TPSA) is 116 Å². The van der Waals surface area contributed by atoms with Crippen molar-refractivity contribution in [1.29, 1.82) is 0 Å². The van der Waals surface area contributed by atoms with Crippen molar-refractivity contribution >= 4 is 27.9 Å². The summed E-state index contributed by atoms with van der Waals surface area (Å²) in [7, 11) is -3.48. The Morgan fingerprint density at radius 3 is 2.26 bits per heavy atom. The molecule has 2 fully saturated rings. The van der Waals surface area contributed by atoms with Crippen molar-refractivity contribution in [1.82, 2.24) is 20.1 Å². The van der Waals surface area contributed by atoms with Gasteiger partial charge in [-0.05, 0) is 62.3 Å². The van der Waals surface area contributed by atoms with Gasteiger partial charge in [0.1, 0.15) is 5.54 Å². The minimum atomic E-state index is -3.48. The number of carbonyl (C=O) groups excluding carboxylic acids is 3. The monoisotopic (exact) mass is 498 g/mol. The molecule has 35 heavy (non-hydrogen) atoms. The van der Waals surface area contributed by atoms with E-state index in [1.807, 2.05) is 30.3 Å². The molecular weight excluding hydrogens is 468 g/mol. The fourth-order valence-corrected chi connectivity index (χ4v) is 5.86. The number of rotatable bonds is 9. The summed E-state index contributed by atoms with van der Waals surface area (Å²) in [6, 6.07) is 15.5. The van der Waals surface area contributed by atoms with Crippen molar-refractivity contribution in [3.8, 4) is 0 Å². The van der Waals surface area contributed by atoms with Crippen molar-refractivity contribution in [2.45, 2.75) is 55.9 Å². The summed E-state index contributed by atoms with van der Waals surface area (Å²) < 4.78 is 26.8. The van der Waals surface area contributed by atoms with Gasteiger partial charge in [0.15, 0.2) is 0 Å². The molecule has 1 atom stereocenters. The lowest BCUT2D eigenvalue weighted by Crippen LogP contribution is -2.49. The zero-order valence-corrected chi connectivity index (χ0v) is 20.5. The molecule has 2 aromatic carbocycles. The van der Waals surface area contributed by atoms with Crippen LogP contribution >= 0.6 is 0 Å². The highest BCUT2D eigenvalue weighted by Crippen LogP contribution is 2.23. The number of amides is 4. The number of imide groups is 1. The SMILES string of the molecule is CC1(CCc2ccccc2)NC(=O)N(NC(=O)CCc2ccc(S(=O)(=O)N3CCCC3)cc2)C1=O. The van der Waals surface area contributed by atoms with Crippen LogP contribution in [0.2, 0.25) is 0 Å². The van der Waals surface area contributed by atoms with E-state index in [1.54, 1.807) is 31.2 Å². The minimum Gasteiger partial charge on any atom is -0.322 e. The molecule has 0 aliphatic carbocycles. The number of nitrogens with zero attached hydrogens (tertiary/aromatic N) is 2. The number of hydrogen-bond acceptors (Lipinski definition) is 5. The number of nitrogens with one attached hydrogen (secondary N) is 2. The summed E-state index contributed by atoms with van der Waals surface area (Å²) in [5.74, 6) is -0.974. The van der Waals surface area contributed by atoms with Crippen molar-refractivity contribution in [3.63, 3.8) is 0 Å². The lowest BCUT2D eigenvalue weighted by molar-refractivity contribution is -0.138. The first-order valence-electron chi connectivity index (χ1n) is 11.8. The molecule has 2 N–H and O–H groups in total. The zero-order valence-electron chi connectivity index (χ0n) is 19.7.